The van der Waals surface area contributed by atoms with Crippen molar-refractivity contribution in [2.24, 2.45) is 0 Å². The van der Waals surface area contributed by atoms with E-state index >= 15 is 0 Å². The summed E-state index contributed by atoms with van der Waals surface area (Å²) >= 11 is 5.82. The molecule has 1 aliphatic heterocycles. The molecule has 2 amide bonds. The van der Waals surface area contributed by atoms with Gasteiger partial charge in [0.2, 0.25) is 11.8 Å². The number of amides is 2. The first-order valence-corrected chi connectivity index (χ1v) is 8.40. The standard InChI is InChI=1S/C17H23ClN2O4/c1-11(22)20-15-7-6-14(24-16(15)10-21)8-17(23)19-9-12-2-4-13(18)5-3-12/h2-5,14-16,21H,6-10H2,1H3,(H,19,23)(H,20,22)/t14-,15-,16-/m0/s1. The maximum atomic E-state index is 12.1. The molecular formula is C17H23ClN2O4. The third kappa shape index (κ3) is 5.78. The topological polar surface area (TPSA) is 87.7 Å². The number of carbonyl (C=O) groups excluding carboxylic acids is 2. The fourth-order valence-corrected chi connectivity index (χ4v) is 2.92. The second kappa shape index (κ2) is 9.01. The fraction of sp³-hybridized carbons (Fsp3) is 0.529. The van der Waals surface area contributed by atoms with E-state index in [1.54, 1.807) is 12.1 Å². The van der Waals surface area contributed by atoms with E-state index in [2.05, 4.69) is 10.6 Å². The fourth-order valence-electron chi connectivity index (χ4n) is 2.79. The van der Waals surface area contributed by atoms with Gasteiger partial charge in [-0.1, -0.05) is 23.7 Å². The van der Waals surface area contributed by atoms with Crippen molar-refractivity contribution in [1.29, 1.82) is 0 Å². The summed E-state index contributed by atoms with van der Waals surface area (Å²) in [5.74, 6) is -0.258. The van der Waals surface area contributed by atoms with Crippen LogP contribution in [0, 0.1) is 0 Å². The van der Waals surface area contributed by atoms with Crippen molar-refractivity contribution < 1.29 is 19.4 Å². The summed E-state index contributed by atoms with van der Waals surface area (Å²) < 4.78 is 5.74. The van der Waals surface area contributed by atoms with E-state index in [0.29, 0.717) is 24.4 Å². The highest BCUT2D eigenvalue weighted by molar-refractivity contribution is 6.30. The Kier molecular flexibility index (Phi) is 7.02. The highest BCUT2D eigenvalue weighted by Gasteiger charge is 2.32. The Hall–Kier alpha value is -1.63. The molecule has 1 aromatic rings. The summed E-state index contributed by atoms with van der Waals surface area (Å²) in [4.78, 5) is 23.2. The molecule has 3 N–H and O–H groups in total. The summed E-state index contributed by atoms with van der Waals surface area (Å²) in [6, 6.07) is 7.07. The van der Waals surface area contributed by atoms with Gasteiger partial charge >= 0.3 is 0 Å². The van der Waals surface area contributed by atoms with Gasteiger partial charge in [0, 0.05) is 18.5 Å². The molecule has 3 atom stereocenters. The van der Waals surface area contributed by atoms with Gasteiger partial charge in [0.1, 0.15) is 6.10 Å². The predicted octanol–water partition coefficient (Wildman–Crippen LogP) is 1.39. The zero-order chi connectivity index (χ0) is 17.5. The van der Waals surface area contributed by atoms with E-state index in [-0.39, 0.29) is 37.0 Å². The van der Waals surface area contributed by atoms with Gasteiger partial charge in [0.25, 0.3) is 0 Å². The Morgan fingerprint density at radius 1 is 1.29 bits per heavy atom. The van der Waals surface area contributed by atoms with Crippen molar-refractivity contribution >= 4 is 23.4 Å². The molecule has 0 saturated carbocycles. The average Bonchev–Trinajstić information content (AvgIpc) is 2.55. The Labute approximate surface area is 146 Å². The summed E-state index contributed by atoms with van der Waals surface area (Å²) in [5.41, 5.74) is 0.969. The quantitative estimate of drug-likeness (QED) is 0.720. The number of nitrogens with one attached hydrogen (secondary N) is 2. The number of ether oxygens (including phenoxy) is 1. The lowest BCUT2D eigenvalue weighted by Crippen LogP contribution is -2.51. The molecule has 1 heterocycles. The lowest BCUT2D eigenvalue weighted by Gasteiger charge is -2.35. The van der Waals surface area contributed by atoms with E-state index in [1.165, 1.54) is 6.92 Å². The molecule has 1 saturated heterocycles. The highest BCUT2D eigenvalue weighted by Crippen LogP contribution is 2.22. The highest BCUT2D eigenvalue weighted by atomic mass is 35.5. The van der Waals surface area contributed by atoms with Gasteiger partial charge < -0.3 is 20.5 Å². The predicted molar refractivity (Wildman–Crippen MR) is 90.5 cm³/mol. The van der Waals surface area contributed by atoms with Crippen LogP contribution in [0.5, 0.6) is 0 Å². The monoisotopic (exact) mass is 354 g/mol. The van der Waals surface area contributed by atoms with Crippen LogP contribution in [0.25, 0.3) is 0 Å². The molecular weight excluding hydrogens is 332 g/mol. The third-order valence-corrected chi connectivity index (χ3v) is 4.25. The molecule has 0 unspecified atom stereocenters. The van der Waals surface area contributed by atoms with Gasteiger partial charge in [0.05, 0.1) is 25.2 Å². The van der Waals surface area contributed by atoms with E-state index in [0.717, 1.165) is 5.56 Å². The van der Waals surface area contributed by atoms with Gasteiger partial charge in [-0.25, -0.2) is 0 Å². The number of hydrogen-bond acceptors (Lipinski definition) is 4. The Morgan fingerprint density at radius 3 is 2.62 bits per heavy atom. The number of aliphatic hydroxyl groups is 1. The first-order valence-electron chi connectivity index (χ1n) is 8.02. The molecule has 2 rings (SSSR count). The van der Waals surface area contributed by atoms with Crippen LogP contribution < -0.4 is 10.6 Å². The number of hydrogen-bond donors (Lipinski definition) is 3. The molecule has 1 aliphatic rings. The van der Waals surface area contributed by atoms with Crippen LogP contribution in [-0.2, 0) is 20.9 Å². The van der Waals surface area contributed by atoms with Crippen LogP contribution in [0.15, 0.2) is 24.3 Å². The minimum Gasteiger partial charge on any atom is -0.394 e. The third-order valence-electron chi connectivity index (χ3n) is 4.00. The molecule has 0 radical (unpaired) electrons. The normalized spacial score (nSPS) is 23.5. The smallest absolute Gasteiger partial charge is 0.222 e. The number of rotatable bonds is 6. The summed E-state index contributed by atoms with van der Waals surface area (Å²) in [6.45, 7) is 1.68. The largest absolute Gasteiger partial charge is 0.394 e. The maximum absolute atomic E-state index is 12.1. The van der Waals surface area contributed by atoms with Gasteiger partial charge in [-0.05, 0) is 30.5 Å². The van der Waals surface area contributed by atoms with Crippen LogP contribution in [0.2, 0.25) is 5.02 Å². The molecule has 132 valence electrons. The van der Waals surface area contributed by atoms with E-state index in [1.807, 2.05) is 12.1 Å². The molecule has 7 heteroatoms. The molecule has 0 aliphatic carbocycles. The van der Waals surface area contributed by atoms with Gasteiger partial charge in [-0.3, -0.25) is 9.59 Å². The van der Waals surface area contributed by atoms with Crippen molar-refractivity contribution in [3.8, 4) is 0 Å². The van der Waals surface area contributed by atoms with Crippen molar-refractivity contribution in [1.82, 2.24) is 10.6 Å². The van der Waals surface area contributed by atoms with E-state index in [4.69, 9.17) is 16.3 Å². The zero-order valence-electron chi connectivity index (χ0n) is 13.6. The van der Waals surface area contributed by atoms with Crippen molar-refractivity contribution in [2.75, 3.05) is 6.61 Å². The first kappa shape index (κ1) is 18.7. The molecule has 6 nitrogen and oxygen atoms in total. The average molecular weight is 355 g/mol. The second-order valence-electron chi connectivity index (χ2n) is 5.97. The molecule has 0 aromatic heterocycles. The number of carbonyl (C=O) groups is 2. The molecule has 24 heavy (non-hydrogen) atoms. The molecule has 1 fully saturated rings. The lowest BCUT2D eigenvalue weighted by atomic mass is 9.97. The maximum Gasteiger partial charge on any atom is 0.222 e. The minimum absolute atomic E-state index is 0.107. The summed E-state index contributed by atoms with van der Waals surface area (Å²) in [5, 5.41) is 15.7. The van der Waals surface area contributed by atoms with Crippen LogP contribution in [0.1, 0.15) is 31.7 Å². The second-order valence-corrected chi connectivity index (χ2v) is 6.41. The zero-order valence-corrected chi connectivity index (χ0v) is 14.4. The van der Waals surface area contributed by atoms with Gasteiger partial charge in [0.15, 0.2) is 0 Å². The lowest BCUT2D eigenvalue weighted by molar-refractivity contribution is -0.135. The number of halogens is 1. The Morgan fingerprint density at radius 2 is 2.00 bits per heavy atom. The van der Waals surface area contributed by atoms with Crippen LogP contribution >= 0.6 is 11.6 Å². The van der Waals surface area contributed by atoms with Gasteiger partial charge in [-0.2, -0.15) is 0 Å². The van der Waals surface area contributed by atoms with Crippen LogP contribution in [-0.4, -0.2) is 41.8 Å². The molecule has 1 aromatic carbocycles. The van der Waals surface area contributed by atoms with Crippen molar-refractivity contribution in [3.63, 3.8) is 0 Å². The van der Waals surface area contributed by atoms with E-state index in [9.17, 15) is 14.7 Å². The van der Waals surface area contributed by atoms with Crippen LogP contribution in [0.3, 0.4) is 0 Å². The summed E-state index contributed by atoms with van der Waals surface area (Å²) in [7, 11) is 0. The van der Waals surface area contributed by atoms with Crippen LogP contribution in [0.4, 0.5) is 0 Å². The number of aliphatic hydroxyl groups excluding tert-OH is 1. The molecule has 0 spiro atoms. The van der Waals surface area contributed by atoms with Gasteiger partial charge in [-0.15, -0.1) is 0 Å². The summed E-state index contributed by atoms with van der Waals surface area (Å²) in [6.07, 6.45) is 0.848. The molecule has 0 bridgehead atoms. The minimum atomic E-state index is -0.475. The van der Waals surface area contributed by atoms with Crippen molar-refractivity contribution in [2.45, 2.75) is 51.0 Å². The Balaban J connectivity index is 1.77. The first-order chi connectivity index (χ1) is 11.5. The van der Waals surface area contributed by atoms with Crippen molar-refractivity contribution in [3.05, 3.63) is 34.9 Å². The number of benzene rings is 1. The van der Waals surface area contributed by atoms with E-state index < -0.39 is 6.10 Å². The Bertz CT molecular complexity index is 564. The SMILES string of the molecule is CC(=O)N[C@H]1CC[C@@H](CC(=O)NCc2ccc(Cl)cc2)O[C@H]1CO.